The Morgan fingerprint density at radius 1 is 0.963 bits per heavy atom. The van der Waals surface area contributed by atoms with Crippen LogP contribution < -0.4 is 20.1 Å². The molecule has 0 aliphatic rings. The number of benzene rings is 1. The average molecular weight is 364 g/mol. The van der Waals surface area contributed by atoms with Crippen LogP contribution >= 0.6 is 0 Å². The highest BCUT2D eigenvalue weighted by Gasteiger charge is 2.08. The third-order valence-corrected chi connectivity index (χ3v) is 3.87. The van der Waals surface area contributed by atoms with Crippen molar-refractivity contribution in [1.29, 1.82) is 0 Å². The van der Waals surface area contributed by atoms with Crippen molar-refractivity contribution in [2.24, 2.45) is 0 Å². The Morgan fingerprint density at radius 3 is 2.37 bits per heavy atom. The summed E-state index contributed by atoms with van der Waals surface area (Å²) in [7, 11) is 3.18. The molecule has 1 amide bonds. The van der Waals surface area contributed by atoms with Gasteiger partial charge in [0.2, 0.25) is 0 Å². The number of nitrogens with one attached hydrogen (secondary N) is 2. The molecular formula is C20H20N4O3. The lowest BCUT2D eigenvalue weighted by atomic mass is 10.2. The molecule has 0 atom stereocenters. The lowest BCUT2D eigenvalue weighted by Gasteiger charge is -2.11. The van der Waals surface area contributed by atoms with Crippen LogP contribution in [0.15, 0.2) is 61.1 Å². The monoisotopic (exact) mass is 364 g/mol. The van der Waals surface area contributed by atoms with E-state index < -0.39 is 0 Å². The molecule has 3 rings (SSSR count). The van der Waals surface area contributed by atoms with Gasteiger partial charge in [0.15, 0.2) is 11.5 Å². The molecule has 0 saturated carbocycles. The second-order valence-electron chi connectivity index (χ2n) is 5.67. The van der Waals surface area contributed by atoms with Crippen LogP contribution in [0.25, 0.3) is 0 Å². The second kappa shape index (κ2) is 8.66. The summed E-state index contributed by atoms with van der Waals surface area (Å²) in [5, 5.41) is 6.05. The number of carbonyl (C=O) groups is 1. The molecule has 2 N–H and O–H groups in total. The zero-order valence-electron chi connectivity index (χ0n) is 15.1. The number of aromatic nitrogens is 2. The smallest absolute Gasteiger partial charge is 0.270 e. The fourth-order valence-electron chi connectivity index (χ4n) is 2.46. The summed E-state index contributed by atoms with van der Waals surface area (Å²) in [6.45, 7) is 0.425. The molecule has 2 aromatic heterocycles. The number of hydrogen-bond donors (Lipinski definition) is 2. The number of amides is 1. The van der Waals surface area contributed by atoms with Crippen LogP contribution in [0.1, 0.15) is 16.1 Å². The van der Waals surface area contributed by atoms with Crippen molar-refractivity contribution in [2.45, 2.75) is 6.54 Å². The van der Waals surface area contributed by atoms with Crippen molar-refractivity contribution < 1.29 is 14.3 Å². The molecular weight excluding hydrogens is 344 g/mol. The topological polar surface area (TPSA) is 85.4 Å². The molecule has 2 heterocycles. The van der Waals surface area contributed by atoms with Crippen molar-refractivity contribution >= 4 is 17.3 Å². The van der Waals surface area contributed by atoms with Gasteiger partial charge in [0.1, 0.15) is 5.69 Å². The summed E-state index contributed by atoms with van der Waals surface area (Å²) >= 11 is 0. The summed E-state index contributed by atoms with van der Waals surface area (Å²) in [6.07, 6.45) is 4.99. The number of hydrogen-bond acceptors (Lipinski definition) is 6. The maximum absolute atomic E-state index is 12.2. The molecule has 0 aliphatic carbocycles. The van der Waals surface area contributed by atoms with Gasteiger partial charge in [-0.15, -0.1) is 0 Å². The number of nitrogens with zero attached hydrogens (tertiary/aromatic N) is 2. The van der Waals surface area contributed by atoms with Gasteiger partial charge in [-0.2, -0.15) is 0 Å². The molecule has 0 aliphatic heterocycles. The molecule has 27 heavy (non-hydrogen) atoms. The first-order chi connectivity index (χ1) is 13.2. The largest absolute Gasteiger partial charge is 0.493 e. The molecule has 0 unspecified atom stereocenters. The molecule has 7 heteroatoms. The molecule has 0 saturated heterocycles. The highest BCUT2D eigenvalue weighted by Crippen LogP contribution is 2.30. The lowest BCUT2D eigenvalue weighted by molar-refractivity contribution is 0.0946. The fourth-order valence-corrected chi connectivity index (χ4v) is 2.46. The minimum atomic E-state index is -0.232. The van der Waals surface area contributed by atoms with E-state index in [-0.39, 0.29) is 5.91 Å². The van der Waals surface area contributed by atoms with E-state index in [0.29, 0.717) is 23.7 Å². The van der Waals surface area contributed by atoms with Crippen LogP contribution in [0.3, 0.4) is 0 Å². The van der Waals surface area contributed by atoms with Gasteiger partial charge in [-0.1, -0.05) is 0 Å². The van der Waals surface area contributed by atoms with E-state index in [2.05, 4.69) is 20.6 Å². The average Bonchev–Trinajstić information content (AvgIpc) is 2.73. The first-order valence-electron chi connectivity index (χ1n) is 8.32. The molecule has 3 aromatic rings. The standard InChI is InChI=1S/C20H20N4O3/c1-26-18-6-4-15(11-19(18)27-2)24-16-3-5-17(22-13-16)20(25)23-12-14-7-9-21-10-8-14/h3-11,13,24H,12H2,1-2H3,(H,23,25). The number of carbonyl (C=O) groups excluding carboxylic acids is 1. The highest BCUT2D eigenvalue weighted by atomic mass is 16.5. The summed E-state index contributed by atoms with van der Waals surface area (Å²) in [4.78, 5) is 20.4. The van der Waals surface area contributed by atoms with E-state index in [1.165, 1.54) is 0 Å². The normalized spacial score (nSPS) is 10.1. The zero-order valence-corrected chi connectivity index (χ0v) is 15.1. The van der Waals surface area contributed by atoms with Gasteiger partial charge in [-0.3, -0.25) is 9.78 Å². The summed E-state index contributed by atoms with van der Waals surface area (Å²) in [5.74, 6) is 1.05. The predicted molar refractivity (Wildman–Crippen MR) is 102 cm³/mol. The van der Waals surface area contributed by atoms with Crippen molar-refractivity contribution in [2.75, 3.05) is 19.5 Å². The SMILES string of the molecule is COc1ccc(Nc2ccc(C(=O)NCc3ccncc3)nc2)cc1OC. The van der Waals surface area contributed by atoms with Gasteiger partial charge in [0.05, 0.1) is 26.1 Å². The maximum atomic E-state index is 12.2. The predicted octanol–water partition coefficient (Wildman–Crippen LogP) is 3.17. The Kier molecular flexibility index (Phi) is 5.84. The van der Waals surface area contributed by atoms with E-state index in [1.807, 2.05) is 30.3 Å². The van der Waals surface area contributed by atoms with Crippen molar-refractivity contribution in [3.05, 3.63) is 72.3 Å². The molecule has 0 radical (unpaired) electrons. The lowest BCUT2D eigenvalue weighted by Crippen LogP contribution is -2.23. The first-order valence-corrected chi connectivity index (χ1v) is 8.32. The Bertz CT molecular complexity index is 899. The van der Waals surface area contributed by atoms with E-state index in [1.54, 1.807) is 44.9 Å². The summed E-state index contributed by atoms with van der Waals surface area (Å²) < 4.78 is 10.5. The number of pyridine rings is 2. The van der Waals surface area contributed by atoms with Crippen molar-refractivity contribution in [1.82, 2.24) is 15.3 Å². The number of ether oxygens (including phenoxy) is 2. The first kappa shape index (κ1) is 18.2. The highest BCUT2D eigenvalue weighted by molar-refractivity contribution is 5.92. The van der Waals surface area contributed by atoms with Crippen molar-refractivity contribution in [3.8, 4) is 11.5 Å². The Labute approximate surface area is 157 Å². The minimum Gasteiger partial charge on any atom is -0.493 e. The van der Waals surface area contributed by atoms with E-state index in [0.717, 1.165) is 16.9 Å². The van der Waals surface area contributed by atoms with E-state index in [4.69, 9.17) is 9.47 Å². The Hall–Kier alpha value is -3.61. The molecule has 138 valence electrons. The van der Waals surface area contributed by atoms with Crippen LogP contribution in [-0.2, 0) is 6.54 Å². The third kappa shape index (κ3) is 4.72. The van der Waals surface area contributed by atoms with E-state index >= 15 is 0 Å². The van der Waals surface area contributed by atoms with Crippen LogP contribution in [0, 0.1) is 0 Å². The molecule has 7 nitrogen and oxygen atoms in total. The quantitative estimate of drug-likeness (QED) is 0.670. The van der Waals surface area contributed by atoms with Gasteiger partial charge < -0.3 is 20.1 Å². The fraction of sp³-hybridized carbons (Fsp3) is 0.150. The zero-order chi connectivity index (χ0) is 19.1. The summed E-state index contributed by atoms with van der Waals surface area (Å²) in [5.41, 5.74) is 2.91. The van der Waals surface area contributed by atoms with Crippen LogP contribution in [-0.4, -0.2) is 30.1 Å². The molecule has 1 aromatic carbocycles. The van der Waals surface area contributed by atoms with E-state index in [9.17, 15) is 4.79 Å². The van der Waals surface area contributed by atoms with Gasteiger partial charge >= 0.3 is 0 Å². The Morgan fingerprint density at radius 2 is 1.70 bits per heavy atom. The van der Waals surface area contributed by atoms with Crippen LogP contribution in [0.4, 0.5) is 11.4 Å². The maximum Gasteiger partial charge on any atom is 0.270 e. The molecule has 0 fully saturated rings. The van der Waals surface area contributed by atoms with Crippen LogP contribution in [0.2, 0.25) is 0 Å². The minimum absolute atomic E-state index is 0.232. The molecule has 0 spiro atoms. The van der Waals surface area contributed by atoms with Gasteiger partial charge in [0, 0.05) is 30.7 Å². The summed E-state index contributed by atoms with van der Waals surface area (Å²) in [6, 6.07) is 12.7. The van der Waals surface area contributed by atoms with Crippen LogP contribution in [0.5, 0.6) is 11.5 Å². The number of methoxy groups -OCH3 is 2. The number of rotatable bonds is 7. The van der Waals surface area contributed by atoms with Gasteiger partial charge in [-0.25, -0.2) is 4.98 Å². The molecule has 0 bridgehead atoms. The van der Waals surface area contributed by atoms with Gasteiger partial charge in [0.25, 0.3) is 5.91 Å². The third-order valence-electron chi connectivity index (χ3n) is 3.87. The number of anilines is 2. The second-order valence-corrected chi connectivity index (χ2v) is 5.67. The van der Waals surface area contributed by atoms with Gasteiger partial charge in [-0.05, 0) is 42.0 Å². The van der Waals surface area contributed by atoms with Crippen molar-refractivity contribution in [3.63, 3.8) is 0 Å². The Balaban J connectivity index is 1.62.